The second kappa shape index (κ2) is 9.79. The fraction of sp³-hybridized carbons (Fsp3) is 0.545. The number of rotatable bonds is 8. The molecule has 2 atom stereocenters. The van der Waals surface area contributed by atoms with Crippen LogP contribution in [0.2, 0.25) is 0 Å². The number of nitrogens with zero attached hydrogens (tertiary/aromatic N) is 1. The molecule has 154 valence electrons. The van der Waals surface area contributed by atoms with Crippen molar-refractivity contribution in [3.8, 4) is 5.75 Å². The summed E-state index contributed by atoms with van der Waals surface area (Å²) in [4.78, 5) is 2.48. The van der Waals surface area contributed by atoms with E-state index in [0.717, 1.165) is 38.2 Å². The van der Waals surface area contributed by atoms with Crippen LogP contribution in [0, 0.1) is 5.92 Å². The van der Waals surface area contributed by atoms with E-state index in [9.17, 15) is 13.2 Å². The molecule has 1 aromatic carbocycles. The molecular weight excluding hydrogens is 383 g/mol. The van der Waals surface area contributed by atoms with Crippen LogP contribution in [0.4, 0.5) is 13.2 Å². The van der Waals surface area contributed by atoms with Gasteiger partial charge in [-0.3, -0.25) is 0 Å². The molecule has 0 bridgehead atoms. The SMILES string of the molecule is CCCCCN1CC[C@H](c2ccsc2)[C@@H](COc2cccc(C(F)(F)F)c2)C1. The fourth-order valence-corrected chi connectivity index (χ4v) is 4.68. The van der Waals surface area contributed by atoms with E-state index >= 15 is 0 Å². The second-order valence-electron chi connectivity index (χ2n) is 7.56. The predicted molar refractivity (Wildman–Crippen MR) is 108 cm³/mol. The first-order chi connectivity index (χ1) is 13.5. The Hall–Kier alpha value is -1.53. The molecule has 28 heavy (non-hydrogen) atoms. The van der Waals surface area contributed by atoms with Crippen molar-refractivity contribution in [1.82, 2.24) is 4.90 Å². The molecular formula is C22H28F3NOS. The zero-order valence-corrected chi connectivity index (χ0v) is 17.1. The normalized spacial score (nSPS) is 21.0. The highest BCUT2D eigenvalue weighted by molar-refractivity contribution is 7.07. The predicted octanol–water partition coefficient (Wildman–Crippen LogP) is 6.44. The van der Waals surface area contributed by atoms with E-state index < -0.39 is 11.7 Å². The van der Waals surface area contributed by atoms with Crippen LogP contribution in [0.3, 0.4) is 0 Å². The summed E-state index contributed by atoms with van der Waals surface area (Å²) < 4.78 is 44.7. The van der Waals surface area contributed by atoms with Crippen molar-refractivity contribution in [1.29, 1.82) is 0 Å². The number of hydrogen-bond donors (Lipinski definition) is 0. The number of piperidine rings is 1. The molecule has 0 aliphatic carbocycles. The molecule has 0 amide bonds. The molecule has 0 N–H and O–H groups in total. The van der Waals surface area contributed by atoms with Crippen LogP contribution >= 0.6 is 11.3 Å². The zero-order valence-electron chi connectivity index (χ0n) is 16.3. The van der Waals surface area contributed by atoms with Gasteiger partial charge in [-0.1, -0.05) is 25.8 Å². The number of ether oxygens (including phenoxy) is 1. The van der Waals surface area contributed by atoms with Crippen LogP contribution in [-0.4, -0.2) is 31.1 Å². The summed E-state index contributed by atoms with van der Waals surface area (Å²) in [6, 6.07) is 7.36. The first kappa shape index (κ1) is 21.2. The van der Waals surface area contributed by atoms with Gasteiger partial charge in [-0.2, -0.15) is 24.5 Å². The minimum absolute atomic E-state index is 0.277. The van der Waals surface area contributed by atoms with Crippen LogP contribution in [0.15, 0.2) is 41.1 Å². The van der Waals surface area contributed by atoms with Crippen molar-refractivity contribution < 1.29 is 17.9 Å². The van der Waals surface area contributed by atoms with E-state index in [1.165, 1.54) is 30.9 Å². The fourth-order valence-electron chi connectivity index (χ4n) is 3.96. The molecule has 0 spiro atoms. The molecule has 0 radical (unpaired) electrons. The van der Waals surface area contributed by atoms with E-state index in [1.807, 2.05) is 0 Å². The molecule has 1 aliphatic heterocycles. The topological polar surface area (TPSA) is 12.5 Å². The smallest absolute Gasteiger partial charge is 0.416 e. The summed E-state index contributed by atoms with van der Waals surface area (Å²) in [6.45, 7) is 5.73. The maximum atomic E-state index is 12.9. The Balaban J connectivity index is 1.66. The first-order valence-electron chi connectivity index (χ1n) is 10.0. The summed E-state index contributed by atoms with van der Waals surface area (Å²) >= 11 is 1.69. The molecule has 1 fully saturated rings. The summed E-state index contributed by atoms with van der Waals surface area (Å²) in [5.74, 6) is 0.973. The Kier molecular flexibility index (Phi) is 7.41. The maximum Gasteiger partial charge on any atom is 0.416 e. The summed E-state index contributed by atoms with van der Waals surface area (Å²) in [5.41, 5.74) is 0.667. The van der Waals surface area contributed by atoms with Crippen molar-refractivity contribution in [2.45, 2.75) is 44.7 Å². The van der Waals surface area contributed by atoms with Gasteiger partial charge in [0.2, 0.25) is 0 Å². The molecule has 2 aromatic rings. The molecule has 0 saturated carbocycles. The number of alkyl halides is 3. The number of unbranched alkanes of at least 4 members (excludes halogenated alkanes) is 2. The van der Waals surface area contributed by atoms with Gasteiger partial charge in [0.15, 0.2) is 0 Å². The lowest BCUT2D eigenvalue weighted by molar-refractivity contribution is -0.137. The average molecular weight is 412 g/mol. The van der Waals surface area contributed by atoms with Gasteiger partial charge in [-0.25, -0.2) is 0 Å². The highest BCUT2D eigenvalue weighted by Crippen LogP contribution is 2.36. The Morgan fingerprint density at radius 2 is 2.07 bits per heavy atom. The van der Waals surface area contributed by atoms with Crippen LogP contribution < -0.4 is 4.74 Å². The van der Waals surface area contributed by atoms with E-state index in [0.29, 0.717) is 18.3 Å². The molecule has 0 unspecified atom stereocenters. The summed E-state index contributed by atoms with van der Waals surface area (Å²) in [5, 5.41) is 4.28. The third-order valence-electron chi connectivity index (χ3n) is 5.49. The quantitative estimate of drug-likeness (QED) is 0.463. The standard InChI is InChI=1S/C22H28F3NOS/c1-2-3-4-10-26-11-8-21(17-9-12-28-16-17)18(14-26)15-27-20-7-5-6-19(13-20)22(23,24)25/h5-7,9,12-13,16,18,21H,2-4,8,10-11,14-15H2,1H3/t18-,21-/m1/s1. The Bertz CT molecular complexity index is 717. The van der Waals surface area contributed by atoms with E-state index in [1.54, 1.807) is 17.4 Å². The van der Waals surface area contributed by atoms with Gasteiger partial charge in [-0.05, 0) is 72.4 Å². The van der Waals surface area contributed by atoms with E-state index in [-0.39, 0.29) is 5.92 Å². The van der Waals surface area contributed by atoms with Crippen LogP contribution in [0.1, 0.15) is 49.7 Å². The molecule has 1 saturated heterocycles. The lowest BCUT2D eigenvalue weighted by Gasteiger charge is -2.38. The van der Waals surface area contributed by atoms with Crippen LogP contribution in [0.25, 0.3) is 0 Å². The highest BCUT2D eigenvalue weighted by Gasteiger charge is 2.32. The van der Waals surface area contributed by atoms with Gasteiger partial charge in [0, 0.05) is 12.5 Å². The van der Waals surface area contributed by atoms with Crippen molar-refractivity contribution in [2.24, 2.45) is 5.92 Å². The number of likely N-dealkylation sites (tertiary alicyclic amines) is 1. The van der Waals surface area contributed by atoms with Gasteiger partial charge < -0.3 is 9.64 Å². The minimum Gasteiger partial charge on any atom is -0.493 e. The molecule has 1 aromatic heterocycles. The zero-order chi connectivity index (χ0) is 20.0. The third kappa shape index (κ3) is 5.74. The molecule has 2 nitrogen and oxygen atoms in total. The Morgan fingerprint density at radius 3 is 2.79 bits per heavy atom. The number of benzene rings is 1. The van der Waals surface area contributed by atoms with Gasteiger partial charge in [0.1, 0.15) is 5.75 Å². The van der Waals surface area contributed by atoms with Crippen molar-refractivity contribution in [3.05, 3.63) is 52.2 Å². The minimum atomic E-state index is -4.35. The van der Waals surface area contributed by atoms with Crippen LogP contribution in [-0.2, 0) is 6.18 Å². The summed E-state index contributed by atoms with van der Waals surface area (Å²) in [6.07, 6.45) is 0.350. The van der Waals surface area contributed by atoms with Crippen molar-refractivity contribution >= 4 is 11.3 Å². The van der Waals surface area contributed by atoms with Crippen molar-refractivity contribution in [2.75, 3.05) is 26.2 Å². The lowest BCUT2D eigenvalue weighted by Crippen LogP contribution is -2.42. The highest BCUT2D eigenvalue weighted by atomic mass is 32.1. The monoisotopic (exact) mass is 411 g/mol. The largest absolute Gasteiger partial charge is 0.493 e. The van der Waals surface area contributed by atoms with Crippen LogP contribution in [0.5, 0.6) is 5.75 Å². The van der Waals surface area contributed by atoms with Crippen molar-refractivity contribution in [3.63, 3.8) is 0 Å². The molecule has 3 rings (SSSR count). The van der Waals surface area contributed by atoms with Gasteiger partial charge in [0.05, 0.1) is 12.2 Å². The van der Waals surface area contributed by atoms with E-state index in [2.05, 4.69) is 28.7 Å². The van der Waals surface area contributed by atoms with Gasteiger partial charge in [0.25, 0.3) is 0 Å². The third-order valence-corrected chi connectivity index (χ3v) is 6.19. The second-order valence-corrected chi connectivity index (χ2v) is 8.34. The number of thiophene rings is 1. The van der Waals surface area contributed by atoms with Gasteiger partial charge >= 0.3 is 6.18 Å². The Labute approximate surface area is 169 Å². The van der Waals surface area contributed by atoms with E-state index in [4.69, 9.17) is 4.74 Å². The average Bonchev–Trinajstić information content (AvgIpc) is 3.21. The number of halogens is 3. The lowest BCUT2D eigenvalue weighted by atomic mass is 9.82. The summed E-state index contributed by atoms with van der Waals surface area (Å²) in [7, 11) is 0. The first-order valence-corrected chi connectivity index (χ1v) is 11.0. The number of hydrogen-bond acceptors (Lipinski definition) is 3. The Morgan fingerprint density at radius 1 is 1.21 bits per heavy atom. The molecule has 6 heteroatoms. The maximum absolute atomic E-state index is 12.9. The van der Waals surface area contributed by atoms with Gasteiger partial charge in [-0.15, -0.1) is 0 Å². The molecule has 1 aliphatic rings. The molecule has 2 heterocycles.